The smallest absolute Gasteiger partial charge is 0.410 e. The van der Waals surface area contributed by atoms with Gasteiger partial charge < -0.3 is 19.1 Å². The number of carbonyl (C=O) groups is 3. The molecule has 41 heavy (non-hydrogen) atoms. The SMILES string of the molecule is C=C(C)C(=O)OCC(CS)OC(=O)C1CCN(C(=O)OC(c2ccccc2[N+](=O)[O-])c2ccccc2[N+](=O)[O-])CC1. The van der Waals surface area contributed by atoms with E-state index in [2.05, 4.69) is 19.2 Å². The summed E-state index contributed by atoms with van der Waals surface area (Å²) in [4.78, 5) is 60.9. The Labute approximate surface area is 240 Å². The number of nitrogens with zero attached hydrogens (tertiary/aromatic N) is 3. The number of rotatable bonds is 11. The fourth-order valence-electron chi connectivity index (χ4n) is 4.19. The molecular formula is C27H29N3O10S. The number of thiol groups is 1. The minimum absolute atomic E-state index is 0.0243. The summed E-state index contributed by atoms with van der Waals surface area (Å²) < 4.78 is 16.2. The van der Waals surface area contributed by atoms with E-state index in [4.69, 9.17) is 14.2 Å². The summed E-state index contributed by atoms with van der Waals surface area (Å²) in [5, 5.41) is 23.4. The normalized spacial score (nSPS) is 14.2. The number of para-hydroxylation sites is 2. The molecule has 1 fully saturated rings. The topological polar surface area (TPSA) is 168 Å². The van der Waals surface area contributed by atoms with Gasteiger partial charge in [0.15, 0.2) is 6.10 Å². The van der Waals surface area contributed by atoms with Crippen molar-refractivity contribution in [1.82, 2.24) is 4.90 Å². The van der Waals surface area contributed by atoms with E-state index >= 15 is 0 Å². The third kappa shape index (κ3) is 8.03. The van der Waals surface area contributed by atoms with Crippen LogP contribution in [-0.4, -0.2) is 64.3 Å². The zero-order valence-corrected chi connectivity index (χ0v) is 23.1. The molecule has 218 valence electrons. The van der Waals surface area contributed by atoms with Gasteiger partial charge in [-0.15, -0.1) is 0 Å². The first-order valence-electron chi connectivity index (χ1n) is 12.6. The molecule has 3 rings (SSSR count). The van der Waals surface area contributed by atoms with E-state index in [1.165, 1.54) is 60.4 Å². The Kier molecular flexibility index (Phi) is 10.8. The number of piperidine rings is 1. The standard InChI is InChI=1S/C27H29N3O10S/c1-17(2)25(31)38-15-19(16-41)39-26(32)18-11-13-28(14-12-18)27(33)40-24(20-7-3-5-9-22(20)29(34)35)21-8-4-6-10-23(21)30(36)37/h3-10,18-19,24,41H,1,11-16H2,2H3. The van der Waals surface area contributed by atoms with E-state index in [9.17, 15) is 34.6 Å². The van der Waals surface area contributed by atoms with Crippen LogP contribution in [-0.2, 0) is 23.8 Å². The molecule has 0 bridgehead atoms. The summed E-state index contributed by atoms with van der Waals surface area (Å²) in [6, 6.07) is 11.1. The number of nitro benzene ring substituents is 2. The van der Waals surface area contributed by atoms with Crippen molar-refractivity contribution in [2.75, 3.05) is 25.4 Å². The fraction of sp³-hybridized carbons (Fsp3) is 0.370. The monoisotopic (exact) mass is 587 g/mol. The Balaban J connectivity index is 1.71. The quantitative estimate of drug-likeness (QED) is 0.0993. The van der Waals surface area contributed by atoms with Crippen molar-refractivity contribution < 1.29 is 38.4 Å². The third-order valence-electron chi connectivity index (χ3n) is 6.37. The Bertz CT molecular complexity index is 1270. The molecule has 13 nitrogen and oxygen atoms in total. The molecule has 1 unspecified atom stereocenters. The summed E-state index contributed by atoms with van der Waals surface area (Å²) >= 11 is 4.14. The van der Waals surface area contributed by atoms with Crippen LogP contribution >= 0.6 is 12.6 Å². The van der Waals surface area contributed by atoms with Crippen LogP contribution in [0.1, 0.15) is 37.0 Å². The van der Waals surface area contributed by atoms with Gasteiger partial charge in [0.1, 0.15) is 12.7 Å². The van der Waals surface area contributed by atoms with Crippen LogP contribution in [0.3, 0.4) is 0 Å². The predicted molar refractivity (Wildman–Crippen MR) is 148 cm³/mol. The van der Waals surface area contributed by atoms with Crippen molar-refractivity contribution in [2.24, 2.45) is 5.92 Å². The zero-order chi connectivity index (χ0) is 30.1. The molecule has 0 N–H and O–H groups in total. The molecule has 0 aromatic heterocycles. The highest BCUT2D eigenvalue weighted by Gasteiger charge is 2.35. The van der Waals surface area contributed by atoms with Crippen molar-refractivity contribution >= 4 is 42.0 Å². The van der Waals surface area contributed by atoms with E-state index in [0.29, 0.717) is 0 Å². The lowest BCUT2D eigenvalue weighted by Crippen LogP contribution is -2.42. The van der Waals surface area contributed by atoms with Gasteiger partial charge in [-0.3, -0.25) is 25.0 Å². The first kappa shape index (κ1) is 31.1. The largest absolute Gasteiger partial charge is 0.458 e. The summed E-state index contributed by atoms with van der Waals surface area (Å²) in [7, 11) is 0. The lowest BCUT2D eigenvalue weighted by atomic mass is 9.97. The van der Waals surface area contributed by atoms with Crippen molar-refractivity contribution in [2.45, 2.75) is 32.0 Å². The number of hydrogen-bond donors (Lipinski definition) is 1. The Morgan fingerprint density at radius 1 is 0.976 bits per heavy atom. The molecule has 1 saturated heterocycles. The van der Waals surface area contributed by atoms with Gasteiger partial charge in [0.2, 0.25) is 0 Å². The number of hydrogen-bond acceptors (Lipinski definition) is 11. The van der Waals surface area contributed by atoms with Crippen LogP contribution in [0, 0.1) is 26.1 Å². The molecule has 2 aromatic carbocycles. The molecule has 1 heterocycles. The van der Waals surface area contributed by atoms with Gasteiger partial charge in [0, 0.05) is 36.5 Å². The zero-order valence-electron chi connectivity index (χ0n) is 22.2. The maximum absolute atomic E-state index is 13.2. The maximum Gasteiger partial charge on any atom is 0.410 e. The average molecular weight is 588 g/mol. The number of ether oxygens (including phenoxy) is 3. The van der Waals surface area contributed by atoms with Gasteiger partial charge in [0.25, 0.3) is 11.4 Å². The van der Waals surface area contributed by atoms with E-state index in [0.717, 1.165) is 0 Å². The summed E-state index contributed by atoms with van der Waals surface area (Å²) in [5.41, 5.74) is -0.567. The number of esters is 2. The van der Waals surface area contributed by atoms with Crippen LogP contribution in [0.15, 0.2) is 60.7 Å². The summed E-state index contributed by atoms with van der Waals surface area (Å²) in [5.74, 6) is -1.56. The fourth-order valence-corrected chi connectivity index (χ4v) is 4.37. The molecule has 1 atom stereocenters. The second kappa shape index (κ2) is 14.3. The first-order valence-corrected chi connectivity index (χ1v) is 13.2. The average Bonchev–Trinajstić information content (AvgIpc) is 2.97. The summed E-state index contributed by atoms with van der Waals surface area (Å²) in [6.07, 6.45) is -2.58. The number of benzene rings is 2. The minimum atomic E-state index is -1.44. The second-order valence-electron chi connectivity index (χ2n) is 9.28. The second-order valence-corrected chi connectivity index (χ2v) is 9.64. The van der Waals surface area contributed by atoms with Gasteiger partial charge in [-0.05, 0) is 31.9 Å². The van der Waals surface area contributed by atoms with Crippen molar-refractivity contribution in [1.29, 1.82) is 0 Å². The molecule has 1 amide bonds. The molecule has 0 spiro atoms. The Morgan fingerprint density at radius 2 is 1.49 bits per heavy atom. The molecule has 2 aromatic rings. The van der Waals surface area contributed by atoms with Crippen LogP contribution < -0.4 is 0 Å². The third-order valence-corrected chi connectivity index (χ3v) is 6.78. The number of nitro groups is 2. The van der Waals surface area contributed by atoms with Gasteiger partial charge in [-0.1, -0.05) is 30.8 Å². The summed E-state index contributed by atoms with van der Waals surface area (Å²) in [6.45, 7) is 5.02. The molecular weight excluding hydrogens is 558 g/mol. The van der Waals surface area contributed by atoms with E-state index < -0.39 is 46.0 Å². The number of amides is 1. The van der Waals surface area contributed by atoms with E-state index in [-0.39, 0.29) is 66.4 Å². The highest BCUT2D eigenvalue weighted by molar-refractivity contribution is 7.80. The lowest BCUT2D eigenvalue weighted by molar-refractivity contribution is -0.387. The van der Waals surface area contributed by atoms with Gasteiger partial charge in [-0.2, -0.15) is 12.6 Å². The number of likely N-dealkylation sites (tertiary alicyclic amines) is 1. The van der Waals surface area contributed by atoms with Gasteiger partial charge in [-0.25, -0.2) is 9.59 Å². The molecule has 1 aliphatic heterocycles. The van der Waals surface area contributed by atoms with Crippen LogP contribution in [0.5, 0.6) is 0 Å². The highest BCUT2D eigenvalue weighted by Crippen LogP contribution is 2.37. The predicted octanol–water partition coefficient (Wildman–Crippen LogP) is 4.40. The van der Waals surface area contributed by atoms with Gasteiger partial charge >= 0.3 is 18.0 Å². The first-order chi connectivity index (χ1) is 19.5. The highest BCUT2D eigenvalue weighted by atomic mass is 32.1. The van der Waals surface area contributed by atoms with Crippen molar-refractivity contribution in [3.05, 3.63) is 92.0 Å². The van der Waals surface area contributed by atoms with E-state index in [1.54, 1.807) is 0 Å². The Morgan fingerprint density at radius 3 is 1.95 bits per heavy atom. The number of carbonyl (C=O) groups excluding carboxylic acids is 3. The lowest BCUT2D eigenvalue weighted by Gasteiger charge is -2.32. The molecule has 0 radical (unpaired) electrons. The molecule has 14 heteroatoms. The Hall–Kier alpha value is -4.46. The van der Waals surface area contributed by atoms with Crippen LogP contribution in [0.25, 0.3) is 0 Å². The van der Waals surface area contributed by atoms with Crippen LogP contribution in [0.2, 0.25) is 0 Å². The molecule has 0 saturated carbocycles. The van der Waals surface area contributed by atoms with Crippen molar-refractivity contribution in [3.8, 4) is 0 Å². The molecule has 0 aliphatic carbocycles. The van der Waals surface area contributed by atoms with Crippen molar-refractivity contribution in [3.63, 3.8) is 0 Å². The molecule has 1 aliphatic rings. The van der Waals surface area contributed by atoms with Crippen LogP contribution in [0.4, 0.5) is 16.2 Å². The van der Waals surface area contributed by atoms with E-state index in [1.807, 2.05) is 0 Å². The maximum atomic E-state index is 13.2. The van der Waals surface area contributed by atoms with Gasteiger partial charge in [0.05, 0.1) is 26.9 Å². The minimum Gasteiger partial charge on any atom is -0.458 e.